The van der Waals surface area contributed by atoms with E-state index in [1.165, 1.54) is 212 Å². The minimum Gasteiger partial charge on any atom is -0.462 e. The second kappa shape index (κ2) is 46.9. The number of carbonyl (C=O) groups excluding carboxylic acids is 2. The Morgan fingerprint density at radius 3 is 1.05 bits per heavy atom. The first-order valence-electron chi connectivity index (χ1n) is 26.3. The van der Waals surface area contributed by atoms with Gasteiger partial charge in [-0.2, -0.15) is 0 Å². The predicted octanol–water partition coefficient (Wildman–Crippen LogP) is 15.6. The van der Waals surface area contributed by atoms with Crippen molar-refractivity contribution in [3.8, 4) is 0 Å². The molecule has 1 amide bonds. The molecule has 6 nitrogen and oxygen atoms in total. The Morgan fingerprint density at radius 2 is 0.724 bits per heavy atom. The molecule has 0 saturated heterocycles. The zero-order valence-electron chi connectivity index (χ0n) is 39.5. The van der Waals surface area contributed by atoms with Gasteiger partial charge in [-0.25, -0.2) is 0 Å². The van der Waals surface area contributed by atoms with Crippen molar-refractivity contribution in [2.24, 2.45) is 0 Å². The number of carbonyl (C=O) groups is 2. The number of esters is 1. The highest BCUT2D eigenvalue weighted by Crippen LogP contribution is 2.19. The molecule has 0 aliphatic carbocycles. The molecule has 0 aromatic rings. The fourth-order valence-electron chi connectivity index (χ4n) is 8.43. The van der Waals surface area contributed by atoms with E-state index in [1.54, 1.807) is 0 Å². The molecule has 0 aromatic heterocycles. The van der Waals surface area contributed by atoms with E-state index in [0.29, 0.717) is 19.3 Å². The number of rotatable bonds is 48. The van der Waals surface area contributed by atoms with Gasteiger partial charge >= 0.3 is 5.97 Å². The summed E-state index contributed by atoms with van der Waals surface area (Å²) in [6, 6.07) is -0.691. The number of hydrogen-bond acceptors (Lipinski definition) is 5. The summed E-state index contributed by atoms with van der Waals surface area (Å²) in [5.74, 6) is -0.450. The van der Waals surface area contributed by atoms with Crippen molar-refractivity contribution in [1.82, 2.24) is 5.32 Å². The molecule has 0 radical (unpaired) electrons. The number of unbranched alkanes of at least 4 members (excludes halogenated alkanes) is 36. The summed E-state index contributed by atoms with van der Waals surface area (Å²) >= 11 is 0. The van der Waals surface area contributed by atoms with Gasteiger partial charge in [0.15, 0.2) is 0 Å². The largest absolute Gasteiger partial charge is 0.462 e. The molecule has 0 fully saturated rings. The highest BCUT2D eigenvalue weighted by molar-refractivity contribution is 5.77. The van der Waals surface area contributed by atoms with Crippen molar-refractivity contribution >= 4 is 11.9 Å². The van der Waals surface area contributed by atoms with Crippen LogP contribution >= 0.6 is 0 Å². The summed E-state index contributed by atoms with van der Waals surface area (Å²) in [5, 5.41) is 23.7. The molecule has 0 heterocycles. The molecular formula is C52H103NO5. The lowest BCUT2D eigenvalue weighted by Gasteiger charge is -2.24. The Labute approximate surface area is 362 Å². The maximum atomic E-state index is 13.2. The maximum Gasteiger partial charge on any atom is 0.306 e. The normalized spacial score (nSPS) is 13.1. The van der Waals surface area contributed by atoms with Gasteiger partial charge in [-0.3, -0.25) is 9.59 Å². The second-order valence-corrected chi connectivity index (χ2v) is 18.3. The summed E-state index contributed by atoms with van der Waals surface area (Å²) in [6.45, 7) is 6.50. The van der Waals surface area contributed by atoms with Crippen LogP contribution in [0.5, 0.6) is 0 Å². The van der Waals surface area contributed by atoms with Crippen molar-refractivity contribution in [2.45, 2.75) is 315 Å². The first-order valence-corrected chi connectivity index (χ1v) is 26.3. The van der Waals surface area contributed by atoms with Gasteiger partial charge in [0.05, 0.1) is 25.2 Å². The van der Waals surface area contributed by atoms with Crippen LogP contribution in [0.1, 0.15) is 297 Å². The van der Waals surface area contributed by atoms with Crippen molar-refractivity contribution in [3.63, 3.8) is 0 Å². The molecule has 6 heteroatoms. The molecule has 0 rings (SSSR count). The van der Waals surface area contributed by atoms with Crippen LogP contribution < -0.4 is 5.32 Å². The lowest BCUT2D eigenvalue weighted by Crippen LogP contribution is -2.46. The highest BCUT2D eigenvalue weighted by atomic mass is 16.5. The Hall–Kier alpha value is -1.14. The SMILES string of the molecule is CCCCCCCCCCCCCCCCCC(CC(=O)NC(CO)C(O)CCCCCCCCCCCC)OC(=O)CCCCCCCCCCCCCCCC. The van der Waals surface area contributed by atoms with E-state index in [4.69, 9.17) is 4.74 Å². The first kappa shape index (κ1) is 56.9. The summed E-state index contributed by atoms with van der Waals surface area (Å²) < 4.78 is 5.94. The van der Waals surface area contributed by atoms with E-state index >= 15 is 0 Å². The monoisotopic (exact) mass is 822 g/mol. The molecule has 0 aliphatic rings. The molecule has 0 saturated carbocycles. The van der Waals surface area contributed by atoms with Gasteiger partial charge in [0.25, 0.3) is 0 Å². The number of hydrogen-bond donors (Lipinski definition) is 3. The molecule has 0 aliphatic heterocycles. The minimum atomic E-state index is -0.778. The van der Waals surface area contributed by atoms with Gasteiger partial charge in [-0.05, 0) is 25.7 Å². The van der Waals surface area contributed by atoms with Crippen LogP contribution in [-0.2, 0) is 14.3 Å². The molecular weight excluding hydrogens is 719 g/mol. The predicted molar refractivity (Wildman–Crippen MR) is 250 cm³/mol. The van der Waals surface area contributed by atoms with Crippen LogP contribution in [0, 0.1) is 0 Å². The molecule has 0 bridgehead atoms. The van der Waals surface area contributed by atoms with Gasteiger partial charge in [-0.15, -0.1) is 0 Å². The van der Waals surface area contributed by atoms with E-state index in [0.717, 1.165) is 38.5 Å². The van der Waals surface area contributed by atoms with Crippen molar-refractivity contribution in [1.29, 1.82) is 0 Å². The van der Waals surface area contributed by atoms with E-state index in [2.05, 4.69) is 26.1 Å². The van der Waals surface area contributed by atoms with Crippen LogP contribution in [0.2, 0.25) is 0 Å². The summed E-state index contributed by atoms with van der Waals surface area (Å²) in [7, 11) is 0. The summed E-state index contributed by atoms with van der Waals surface area (Å²) in [4.78, 5) is 26.1. The number of aliphatic hydroxyl groups is 2. The van der Waals surface area contributed by atoms with Crippen LogP contribution in [0.4, 0.5) is 0 Å². The van der Waals surface area contributed by atoms with Gasteiger partial charge < -0.3 is 20.3 Å². The summed E-state index contributed by atoms with van der Waals surface area (Å²) in [5.41, 5.74) is 0. The molecule has 0 spiro atoms. The Morgan fingerprint density at radius 1 is 0.431 bits per heavy atom. The maximum absolute atomic E-state index is 13.2. The summed E-state index contributed by atoms with van der Waals surface area (Å²) in [6.07, 6.45) is 50.2. The van der Waals surface area contributed by atoms with E-state index < -0.39 is 18.2 Å². The van der Waals surface area contributed by atoms with Crippen LogP contribution in [-0.4, -0.2) is 46.9 Å². The van der Waals surface area contributed by atoms with E-state index in [1.807, 2.05) is 0 Å². The topological polar surface area (TPSA) is 95.9 Å². The molecule has 346 valence electrons. The van der Waals surface area contributed by atoms with Gasteiger partial charge in [0, 0.05) is 6.42 Å². The van der Waals surface area contributed by atoms with Crippen LogP contribution in [0.25, 0.3) is 0 Å². The fraction of sp³-hybridized carbons (Fsp3) is 0.962. The standard InChI is InChI=1S/C52H103NO5/c1-4-7-10-13-16-19-22-24-26-27-29-31-34-37-40-43-48(58-52(57)45-42-39-36-33-30-28-25-23-20-17-14-11-8-5-2)46-51(56)53-49(47-54)50(55)44-41-38-35-32-21-18-15-12-9-6-3/h48-50,54-55H,4-47H2,1-3H3,(H,53,56). The molecule has 0 aromatic carbocycles. The Balaban J connectivity index is 4.52. The molecule has 58 heavy (non-hydrogen) atoms. The molecule has 3 unspecified atom stereocenters. The third-order valence-corrected chi connectivity index (χ3v) is 12.4. The number of nitrogens with one attached hydrogen (secondary N) is 1. The van der Waals surface area contributed by atoms with Crippen molar-refractivity contribution in [3.05, 3.63) is 0 Å². The Bertz CT molecular complexity index is 837. The lowest BCUT2D eigenvalue weighted by atomic mass is 10.0. The van der Waals surface area contributed by atoms with E-state index in [9.17, 15) is 19.8 Å². The van der Waals surface area contributed by atoms with Crippen molar-refractivity contribution in [2.75, 3.05) is 6.61 Å². The van der Waals surface area contributed by atoms with E-state index in [-0.39, 0.29) is 24.9 Å². The third kappa shape index (κ3) is 41.6. The zero-order chi connectivity index (χ0) is 42.4. The van der Waals surface area contributed by atoms with Crippen LogP contribution in [0.15, 0.2) is 0 Å². The fourth-order valence-corrected chi connectivity index (χ4v) is 8.43. The van der Waals surface area contributed by atoms with Gasteiger partial charge in [0.2, 0.25) is 5.91 Å². The average Bonchev–Trinajstić information content (AvgIpc) is 3.22. The van der Waals surface area contributed by atoms with Gasteiger partial charge in [-0.1, -0.05) is 258 Å². The first-order chi connectivity index (χ1) is 28.5. The quantitative estimate of drug-likeness (QED) is 0.0420. The number of aliphatic hydroxyl groups excluding tert-OH is 2. The Kier molecular flexibility index (Phi) is 46.0. The number of ether oxygens (including phenoxy) is 1. The number of amides is 1. The average molecular weight is 822 g/mol. The van der Waals surface area contributed by atoms with Crippen LogP contribution in [0.3, 0.4) is 0 Å². The third-order valence-electron chi connectivity index (χ3n) is 12.4. The highest BCUT2D eigenvalue weighted by Gasteiger charge is 2.24. The van der Waals surface area contributed by atoms with Gasteiger partial charge in [0.1, 0.15) is 6.10 Å². The smallest absolute Gasteiger partial charge is 0.306 e. The lowest BCUT2D eigenvalue weighted by molar-refractivity contribution is -0.151. The van der Waals surface area contributed by atoms with Crippen molar-refractivity contribution < 1.29 is 24.5 Å². The molecule has 3 atom stereocenters. The second-order valence-electron chi connectivity index (χ2n) is 18.3. The molecule has 3 N–H and O–H groups in total. The zero-order valence-corrected chi connectivity index (χ0v) is 39.5. The minimum absolute atomic E-state index is 0.0879.